The molecule has 0 amide bonds. The van der Waals surface area contributed by atoms with Crippen LogP contribution in [0.1, 0.15) is 22.3 Å². The maximum Gasteiger partial charge on any atom is 0.416 e. The molecule has 0 unspecified atom stereocenters. The van der Waals surface area contributed by atoms with Crippen molar-refractivity contribution in [3.05, 3.63) is 76.9 Å². The van der Waals surface area contributed by atoms with Crippen molar-refractivity contribution in [2.24, 2.45) is 0 Å². The van der Waals surface area contributed by atoms with Gasteiger partial charge in [0.05, 0.1) is 11.6 Å². The van der Waals surface area contributed by atoms with E-state index in [-0.39, 0.29) is 0 Å². The topological polar surface area (TPSA) is 23.8 Å². The molecule has 0 saturated carbocycles. The zero-order valence-electron chi connectivity index (χ0n) is 11.4. The van der Waals surface area contributed by atoms with Crippen LogP contribution in [0.5, 0.6) is 0 Å². The van der Waals surface area contributed by atoms with E-state index in [0.29, 0.717) is 16.5 Å². The predicted octanol–water partition coefficient (Wildman–Crippen LogP) is 5.56. The summed E-state index contributed by atoms with van der Waals surface area (Å²) in [6.45, 7) is 0. The van der Waals surface area contributed by atoms with E-state index in [1.807, 2.05) is 30.3 Å². The lowest BCUT2D eigenvalue weighted by Gasteiger charge is -2.10. The molecule has 22 heavy (non-hydrogen) atoms. The molecule has 0 spiro atoms. The Balaban J connectivity index is 2.40. The van der Waals surface area contributed by atoms with E-state index in [0.717, 1.165) is 23.3 Å². The van der Waals surface area contributed by atoms with Crippen LogP contribution in [0, 0.1) is 11.3 Å². The zero-order chi connectivity index (χ0) is 16.2. The van der Waals surface area contributed by atoms with Gasteiger partial charge >= 0.3 is 6.18 Å². The van der Waals surface area contributed by atoms with Gasteiger partial charge in [-0.25, -0.2) is 0 Å². The number of halogens is 4. The Labute approximate surface area is 134 Å². The molecule has 0 radical (unpaired) electrons. The Morgan fingerprint density at radius 2 is 1.50 bits per heavy atom. The minimum absolute atomic E-state index is 0.571. The molecule has 2 aromatic carbocycles. The maximum atomic E-state index is 12.6. The molecule has 5 heteroatoms. The Kier molecular flexibility index (Phi) is 5.04. The van der Waals surface area contributed by atoms with Gasteiger partial charge in [0.25, 0.3) is 0 Å². The Bertz CT molecular complexity index is 708. The third-order valence-electron chi connectivity index (χ3n) is 3.15. The van der Waals surface area contributed by atoms with Gasteiger partial charge in [0.2, 0.25) is 0 Å². The minimum Gasteiger partial charge on any atom is -0.193 e. The highest BCUT2D eigenvalue weighted by atomic mass is 79.9. The molecule has 0 aliphatic carbocycles. The second kappa shape index (κ2) is 6.80. The van der Waals surface area contributed by atoms with Gasteiger partial charge in [-0.1, -0.05) is 52.3 Å². The van der Waals surface area contributed by atoms with Crippen molar-refractivity contribution in [3.63, 3.8) is 0 Å². The van der Waals surface area contributed by atoms with Crippen LogP contribution in [0.3, 0.4) is 0 Å². The summed E-state index contributed by atoms with van der Waals surface area (Å²) in [5, 5.41) is 9.64. The van der Waals surface area contributed by atoms with Crippen LogP contribution < -0.4 is 0 Å². The summed E-state index contributed by atoms with van der Waals surface area (Å²) in [5.74, 6) is 0. The first-order chi connectivity index (χ1) is 10.5. The number of benzene rings is 2. The van der Waals surface area contributed by atoms with E-state index in [1.165, 1.54) is 18.2 Å². The molecule has 0 fully saturated rings. The summed E-state index contributed by atoms with van der Waals surface area (Å²) >= 11 is 3.35. The second-order valence-corrected chi connectivity index (χ2v) is 5.15. The van der Waals surface area contributed by atoms with Crippen LogP contribution in [0.15, 0.2) is 54.6 Å². The van der Waals surface area contributed by atoms with Crippen LogP contribution in [0.4, 0.5) is 13.2 Å². The molecular formula is C17H11BrF3N. The molecule has 1 nitrogen and oxygen atoms in total. The standard InChI is InChI=1S/C17H11BrF3N/c18-11-12-1-3-13(4-2-12)16(9-10-22)14-5-7-15(8-6-14)17(19,20)21/h1-9H,11H2/b16-9-. The fourth-order valence-electron chi connectivity index (χ4n) is 2.01. The van der Waals surface area contributed by atoms with E-state index in [9.17, 15) is 13.2 Å². The van der Waals surface area contributed by atoms with Gasteiger partial charge in [-0.05, 0) is 34.4 Å². The normalized spacial score (nSPS) is 12.0. The summed E-state index contributed by atoms with van der Waals surface area (Å²) in [4.78, 5) is 0. The van der Waals surface area contributed by atoms with Crippen LogP contribution in [-0.4, -0.2) is 0 Å². The van der Waals surface area contributed by atoms with E-state index in [1.54, 1.807) is 0 Å². The molecule has 0 aliphatic rings. The van der Waals surface area contributed by atoms with Crippen molar-refractivity contribution < 1.29 is 13.2 Å². The average molecular weight is 366 g/mol. The maximum absolute atomic E-state index is 12.6. The Hall–Kier alpha value is -2.06. The van der Waals surface area contributed by atoms with Gasteiger partial charge in [0.15, 0.2) is 0 Å². The van der Waals surface area contributed by atoms with E-state index in [2.05, 4.69) is 15.9 Å². The lowest BCUT2D eigenvalue weighted by atomic mass is 9.96. The molecule has 0 bridgehead atoms. The number of allylic oxidation sites excluding steroid dienone is 1. The number of nitriles is 1. The molecule has 2 rings (SSSR count). The van der Waals surface area contributed by atoms with Crippen molar-refractivity contribution in [2.75, 3.05) is 0 Å². The molecule has 0 atom stereocenters. The van der Waals surface area contributed by atoms with Gasteiger partial charge in [-0.2, -0.15) is 18.4 Å². The third kappa shape index (κ3) is 3.77. The number of alkyl halides is 4. The molecular weight excluding hydrogens is 355 g/mol. The van der Waals surface area contributed by atoms with E-state index >= 15 is 0 Å². The van der Waals surface area contributed by atoms with Crippen LogP contribution in [0.25, 0.3) is 5.57 Å². The molecule has 0 aromatic heterocycles. The lowest BCUT2D eigenvalue weighted by Crippen LogP contribution is -2.04. The Morgan fingerprint density at radius 1 is 1.00 bits per heavy atom. The first-order valence-electron chi connectivity index (χ1n) is 6.38. The van der Waals surface area contributed by atoms with Crippen molar-refractivity contribution in [3.8, 4) is 6.07 Å². The van der Waals surface area contributed by atoms with Crippen molar-refractivity contribution in [1.82, 2.24) is 0 Å². The lowest BCUT2D eigenvalue weighted by molar-refractivity contribution is -0.137. The van der Waals surface area contributed by atoms with Gasteiger partial charge in [-0.15, -0.1) is 0 Å². The molecule has 0 saturated heterocycles. The zero-order valence-corrected chi connectivity index (χ0v) is 12.9. The molecule has 0 aliphatic heterocycles. The summed E-state index contributed by atoms with van der Waals surface area (Å²) in [6.07, 6.45) is -3.03. The van der Waals surface area contributed by atoms with E-state index < -0.39 is 11.7 Å². The molecule has 112 valence electrons. The van der Waals surface area contributed by atoms with Gasteiger partial charge < -0.3 is 0 Å². The smallest absolute Gasteiger partial charge is 0.193 e. The summed E-state index contributed by atoms with van der Waals surface area (Å²) < 4.78 is 37.8. The molecule has 0 N–H and O–H groups in total. The first-order valence-corrected chi connectivity index (χ1v) is 7.50. The molecule has 0 heterocycles. The largest absolute Gasteiger partial charge is 0.416 e. The third-order valence-corrected chi connectivity index (χ3v) is 3.80. The predicted molar refractivity (Wildman–Crippen MR) is 83.2 cm³/mol. The number of rotatable bonds is 3. The second-order valence-electron chi connectivity index (χ2n) is 4.59. The van der Waals surface area contributed by atoms with Crippen molar-refractivity contribution in [2.45, 2.75) is 11.5 Å². The quantitative estimate of drug-likeness (QED) is 0.516. The van der Waals surface area contributed by atoms with Crippen LogP contribution >= 0.6 is 15.9 Å². The Morgan fingerprint density at radius 3 is 1.91 bits per heavy atom. The summed E-state index contributed by atoms with van der Waals surface area (Å²) in [7, 11) is 0. The average Bonchev–Trinajstić information content (AvgIpc) is 2.52. The van der Waals surface area contributed by atoms with Gasteiger partial charge in [0.1, 0.15) is 0 Å². The van der Waals surface area contributed by atoms with Crippen molar-refractivity contribution >= 4 is 21.5 Å². The number of hydrogen-bond donors (Lipinski definition) is 0. The summed E-state index contributed by atoms with van der Waals surface area (Å²) in [5.41, 5.74) is 2.32. The van der Waals surface area contributed by atoms with Crippen LogP contribution in [0.2, 0.25) is 0 Å². The number of hydrogen-bond acceptors (Lipinski definition) is 1. The minimum atomic E-state index is -4.37. The number of nitrogens with zero attached hydrogens (tertiary/aromatic N) is 1. The highest BCUT2D eigenvalue weighted by Gasteiger charge is 2.30. The SMILES string of the molecule is N#C/C=C(/c1ccc(CBr)cc1)c1ccc(C(F)(F)F)cc1. The fraction of sp³-hybridized carbons (Fsp3) is 0.118. The first kappa shape index (κ1) is 16.3. The molecule has 2 aromatic rings. The van der Waals surface area contributed by atoms with Gasteiger partial charge in [0, 0.05) is 11.4 Å². The monoisotopic (exact) mass is 365 g/mol. The summed E-state index contributed by atoms with van der Waals surface area (Å²) in [6, 6.07) is 14.2. The fourth-order valence-corrected chi connectivity index (χ4v) is 2.38. The van der Waals surface area contributed by atoms with E-state index in [4.69, 9.17) is 5.26 Å². The highest BCUT2D eigenvalue weighted by Crippen LogP contribution is 2.31. The highest BCUT2D eigenvalue weighted by molar-refractivity contribution is 9.08. The van der Waals surface area contributed by atoms with Gasteiger partial charge in [-0.3, -0.25) is 0 Å². The van der Waals surface area contributed by atoms with Crippen molar-refractivity contribution in [1.29, 1.82) is 5.26 Å². The van der Waals surface area contributed by atoms with Crippen LogP contribution in [-0.2, 0) is 11.5 Å².